The predicted molar refractivity (Wildman–Crippen MR) is 118 cm³/mol. The van der Waals surface area contributed by atoms with Crippen molar-refractivity contribution in [3.8, 4) is 11.5 Å². The summed E-state index contributed by atoms with van der Waals surface area (Å²) in [6.45, 7) is 4.12. The Morgan fingerprint density at radius 1 is 1.15 bits per heavy atom. The van der Waals surface area contributed by atoms with Crippen molar-refractivity contribution in [3.05, 3.63) is 23.3 Å². The first-order valence-electron chi connectivity index (χ1n) is 12.0. The zero-order valence-electron chi connectivity index (χ0n) is 18.9. The van der Waals surface area contributed by atoms with E-state index >= 15 is 0 Å². The fourth-order valence-electron chi connectivity index (χ4n) is 5.68. The summed E-state index contributed by atoms with van der Waals surface area (Å²) in [5, 5.41) is 12.3. The first-order valence-corrected chi connectivity index (χ1v) is 12.0. The van der Waals surface area contributed by atoms with Gasteiger partial charge in [-0.25, -0.2) is 0 Å². The van der Waals surface area contributed by atoms with Crippen molar-refractivity contribution in [2.24, 2.45) is 0 Å². The molecule has 4 aliphatic rings. The molecule has 4 atom stereocenters. The molecule has 1 aromatic carbocycles. The van der Waals surface area contributed by atoms with Crippen LogP contribution in [0.25, 0.3) is 0 Å². The number of imide groups is 1. The summed E-state index contributed by atoms with van der Waals surface area (Å²) in [5.74, 6) is 0.221. The Balaban J connectivity index is 1.38. The molecule has 5 rings (SSSR count). The molecular formula is C24H31N3O6. The Morgan fingerprint density at radius 2 is 2.00 bits per heavy atom. The number of fused-ring (bicyclic) bond motifs is 1. The topological polar surface area (TPSA) is 108 Å². The molecule has 1 aromatic rings. The Labute approximate surface area is 193 Å². The molecule has 0 bridgehead atoms. The van der Waals surface area contributed by atoms with Crippen LogP contribution in [0.3, 0.4) is 0 Å². The van der Waals surface area contributed by atoms with Crippen molar-refractivity contribution in [1.29, 1.82) is 0 Å². The van der Waals surface area contributed by atoms with E-state index in [0.29, 0.717) is 36.6 Å². The Hall–Kier alpha value is -2.65. The molecule has 0 spiro atoms. The summed E-state index contributed by atoms with van der Waals surface area (Å²) in [6, 6.07) is 3.14. The van der Waals surface area contributed by atoms with E-state index in [1.165, 1.54) is 4.90 Å². The third-order valence-corrected chi connectivity index (χ3v) is 7.28. The van der Waals surface area contributed by atoms with Gasteiger partial charge in [-0.2, -0.15) is 0 Å². The van der Waals surface area contributed by atoms with Crippen LogP contribution >= 0.6 is 0 Å². The number of β-amino-alcohol motifs (C(OH)–C–C–N with tert-alkyl or cyclic N) is 1. The summed E-state index contributed by atoms with van der Waals surface area (Å²) < 4.78 is 12.5. The lowest BCUT2D eigenvalue weighted by molar-refractivity contribution is -0.136. The molecule has 1 aliphatic carbocycles. The number of aliphatic hydroxyl groups is 1. The lowest BCUT2D eigenvalue weighted by Gasteiger charge is -2.30. The average Bonchev–Trinajstić information content (AvgIpc) is 3.49. The number of benzene rings is 1. The first kappa shape index (κ1) is 22.2. The minimum absolute atomic E-state index is 0.00380. The van der Waals surface area contributed by atoms with Gasteiger partial charge in [0.15, 0.2) is 11.5 Å². The fourth-order valence-corrected chi connectivity index (χ4v) is 5.68. The van der Waals surface area contributed by atoms with E-state index in [9.17, 15) is 19.5 Å². The van der Waals surface area contributed by atoms with E-state index in [2.05, 4.69) is 10.2 Å². The Morgan fingerprint density at radius 3 is 2.73 bits per heavy atom. The number of carbonyl (C=O) groups is 3. The van der Waals surface area contributed by atoms with Crippen LogP contribution in [0.1, 0.15) is 61.4 Å². The maximum absolute atomic E-state index is 13.1. The number of amides is 3. The van der Waals surface area contributed by atoms with Gasteiger partial charge < -0.3 is 19.5 Å². The van der Waals surface area contributed by atoms with Gasteiger partial charge in [0.25, 0.3) is 5.91 Å². The fraction of sp³-hybridized carbons (Fsp3) is 0.625. The zero-order valence-corrected chi connectivity index (χ0v) is 18.9. The van der Waals surface area contributed by atoms with Crippen LogP contribution in [0, 0.1) is 0 Å². The number of likely N-dealkylation sites (tertiary alicyclic amines) is 1. The van der Waals surface area contributed by atoms with Crippen LogP contribution in [0.2, 0.25) is 0 Å². The van der Waals surface area contributed by atoms with E-state index in [4.69, 9.17) is 9.47 Å². The average molecular weight is 458 g/mol. The Kier molecular flexibility index (Phi) is 6.01. The molecule has 0 aromatic heterocycles. The van der Waals surface area contributed by atoms with Gasteiger partial charge in [-0.15, -0.1) is 0 Å². The molecule has 2 saturated heterocycles. The molecule has 3 fully saturated rings. The number of hydrogen-bond acceptors (Lipinski definition) is 7. The zero-order chi connectivity index (χ0) is 23.1. The van der Waals surface area contributed by atoms with Crippen LogP contribution in [-0.4, -0.2) is 76.6 Å². The predicted octanol–water partition coefficient (Wildman–Crippen LogP) is 1.21. The summed E-state index contributed by atoms with van der Waals surface area (Å²) in [4.78, 5) is 40.9. The van der Waals surface area contributed by atoms with Crippen molar-refractivity contribution in [1.82, 2.24) is 15.1 Å². The Bertz CT molecular complexity index is 966. The SMILES string of the molecule is CCOc1c(O[C@H]2CCC[C@@H]2N2CCC(O)C2)ccc2c1CN(C1CCC(=O)NC1=O)C2=O. The highest BCUT2D eigenvalue weighted by atomic mass is 16.5. The minimum Gasteiger partial charge on any atom is -0.490 e. The summed E-state index contributed by atoms with van der Waals surface area (Å²) in [6.07, 6.45) is 4.10. The van der Waals surface area contributed by atoms with Gasteiger partial charge >= 0.3 is 0 Å². The van der Waals surface area contributed by atoms with Gasteiger partial charge in [0.05, 0.1) is 19.3 Å². The van der Waals surface area contributed by atoms with E-state index in [-0.39, 0.29) is 43.0 Å². The molecule has 3 aliphatic heterocycles. The first-order chi connectivity index (χ1) is 16.0. The van der Waals surface area contributed by atoms with Crippen LogP contribution < -0.4 is 14.8 Å². The molecule has 1 saturated carbocycles. The van der Waals surface area contributed by atoms with Crippen molar-refractivity contribution in [3.63, 3.8) is 0 Å². The number of nitrogens with zero attached hydrogens (tertiary/aromatic N) is 2. The van der Waals surface area contributed by atoms with Gasteiger partial charge in [0, 0.05) is 36.7 Å². The van der Waals surface area contributed by atoms with Crippen molar-refractivity contribution < 1.29 is 29.0 Å². The van der Waals surface area contributed by atoms with Gasteiger partial charge in [-0.05, 0) is 51.2 Å². The second kappa shape index (κ2) is 8.95. The third kappa shape index (κ3) is 4.08. The number of ether oxygens (including phenoxy) is 2. The van der Waals surface area contributed by atoms with Gasteiger partial charge in [0.2, 0.25) is 11.8 Å². The monoisotopic (exact) mass is 457 g/mol. The van der Waals surface area contributed by atoms with Crippen LogP contribution in [0.4, 0.5) is 0 Å². The number of rotatable bonds is 6. The number of piperidine rings is 1. The molecule has 9 nitrogen and oxygen atoms in total. The van der Waals surface area contributed by atoms with Crippen LogP contribution in [0.15, 0.2) is 12.1 Å². The highest BCUT2D eigenvalue weighted by molar-refractivity contribution is 6.05. The molecular weight excluding hydrogens is 426 g/mol. The van der Waals surface area contributed by atoms with Crippen LogP contribution in [-0.2, 0) is 16.1 Å². The second-order valence-corrected chi connectivity index (χ2v) is 9.34. The standard InChI is InChI=1S/C24H31N3O6/c1-2-32-22-16-13-27(18-7-9-21(29)25-23(18)30)24(31)15(16)6-8-20(22)33-19-5-3-4-17(19)26-11-10-14(28)12-26/h6,8,14,17-19,28H,2-5,7,9-13H2,1H3,(H,25,29,30)/t14?,17-,18?,19-/m0/s1. The molecule has 2 N–H and O–H groups in total. The number of hydrogen-bond donors (Lipinski definition) is 2. The molecule has 2 unspecified atom stereocenters. The summed E-state index contributed by atoms with van der Waals surface area (Å²) in [5.41, 5.74) is 1.25. The van der Waals surface area contributed by atoms with Crippen LogP contribution in [0.5, 0.6) is 11.5 Å². The maximum Gasteiger partial charge on any atom is 0.255 e. The maximum atomic E-state index is 13.1. The quantitative estimate of drug-likeness (QED) is 0.618. The van der Waals surface area contributed by atoms with Crippen molar-refractivity contribution in [2.75, 3.05) is 19.7 Å². The summed E-state index contributed by atoms with van der Waals surface area (Å²) in [7, 11) is 0. The second-order valence-electron chi connectivity index (χ2n) is 9.34. The van der Waals surface area contributed by atoms with E-state index in [1.54, 1.807) is 12.1 Å². The molecule has 0 radical (unpaired) electrons. The van der Waals surface area contributed by atoms with Gasteiger partial charge in [-0.3, -0.25) is 24.6 Å². The van der Waals surface area contributed by atoms with Gasteiger partial charge in [-0.1, -0.05) is 0 Å². The van der Waals surface area contributed by atoms with Gasteiger partial charge in [0.1, 0.15) is 12.1 Å². The minimum atomic E-state index is -0.665. The van der Waals surface area contributed by atoms with E-state index in [0.717, 1.165) is 37.8 Å². The van der Waals surface area contributed by atoms with E-state index in [1.807, 2.05) is 6.92 Å². The number of carbonyl (C=O) groups excluding carboxylic acids is 3. The lowest BCUT2D eigenvalue weighted by atomic mass is 10.0. The van der Waals surface area contributed by atoms with Crippen molar-refractivity contribution in [2.45, 2.75) is 76.3 Å². The molecule has 9 heteroatoms. The van der Waals surface area contributed by atoms with Crippen molar-refractivity contribution >= 4 is 17.7 Å². The molecule has 178 valence electrons. The molecule has 3 heterocycles. The lowest BCUT2D eigenvalue weighted by Crippen LogP contribution is -2.52. The van der Waals surface area contributed by atoms with E-state index < -0.39 is 11.9 Å². The largest absolute Gasteiger partial charge is 0.490 e. The third-order valence-electron chi connectivity index (χ3n) is 7.28. The number of aliphatic hydroxyl groups excluding tert-OH is 1. The normalized spacial score (nSPS) is 30.0. The molecule has 3 amide bonds. The molecule has 33 heavy (non-hydrogen) atoms. The highest BCUT2D eigenvalue weighted by Gasteiger charge is 2.42. The highest BCUT2D eigenvalue weighted by Crippen LogP contribution is 2.42. The smallest absolute Gasteiger partial charge is 0.255 e. The summed E-state index contributed by atoms with van der Waals surface area (Å²) >= 11 is 0. The number of nitrogens with one attached hydrogen (secondary N) is 1.